The molecule has 25 heavy (non-hydrogen) atoms. The monoisotopic (exact) mass is 349 g/mol. The number of fused-ring (bicyclic) bond motifs is 2. The van der Waals surface area contributed by atoms with Gasteiger partial charge in [0.1, 0.15) is 17.2 Å². The van der Waals surface area contributed by atoms with Crippen LogP contribution >= 0.6 is 11.3 Å². The zero-order chi connectivity index (χ0) is 17.4. The van der Waals surface area contributed by atoms with E-state index >= 15 is 0 Å². The summed E-state index contributed by atoms with van der Waals surface area (Å²) in [7, 11) is 1.63. The van der Waals surface area contributed by atoms with Gasteiger partial charge in [0.25, 0.3) is 0 Å². The molecule has 0 saturated carbocycles. The molecule has 5 heteroatoms. The van der Waals surface area contributed by atoms with E-state index in [1.807, 2.05) is 49.4 Å². The summed E-state index contributed by atoms with van der Waals surface area (Å²) in [4.78, 5) is 16.6. The third kappa shape index (κ3) is 2.72. The Kier molecular flexibility index (Phi) is 3.86. The number of nitrogens with zero attached hydrogens (tertiary/aromatic N) is 1. The third-order valence-corrected chi connectivity index (χ3v) is 5.22. The molecule has 0 unspecified atom stereocenters. The van der Waals surface area contributed by atoms with E-state index in [0.29, 0.717) is 5.75 Å². The Labute approximate surface area is 148 Å². The van der Waals surface area contributed by atoms with Gasteiger partial charge in [-0.3, -0.25) is 9.78 Å². The molecule has 2 aromatic carbocycles. The van der Waals surface area contributed by atoms with Gasteiger partial charge >= 0.3 is 0 Å². The minimum atomic E-state index is 0.715. The maximum absolute atomic E-state index is 11.2. The van der Waals surface area contributed by atoms with Crippen molar-refractivity contribution in [1.29, 1.82) is 0 Å². The fourth-order valence-electron chi connectivity index (χ4n) is 2.87. The number of benzene rings is 2. The van der Waals surface area contributed by atoms with Crippen LogP contribution in [0.5, 0.6) is 17.2 Å². The summed E-state index contributed by atoms with van der Waals surface area (Å²) in [5.41, 5.74) is 1.60. The van der Waals surface area contributed by atoms with Crippen LogP contribution in [0.25, 0.3) is 21.0 Å². The summed E-state index contributed by atoms with van der Waals surface area (Å²) in [5.74, 6) is 2.19. The Morgan fingerprint density at radius 3 is 2.68 bits per heavy atom. The molecule has 4 nitrogen and oxygen atoms in total. The van der Waals surface area contributed by atoms with Crippen molar-refractivity contribution in [3.8, 4) is 17.2 Å². The van der Waals surface area contributed by atoms with Crippen molar-refractivity contribution in [2.24, 2.45) is 0 Å². The quantitative estimate of drug-likeness (QED) is 0.465. The number of hydrogen-bond donors (Lipinski definition) is 0. The number of aromatic nitrogens is 1. The van der Waals surface area contributed by atoms with Crippen molar-refractivity contribution in [3.63, 3.8) is 0 Å². The summed E-state index contributed by atoms with van der Waals surface area (Å²) in [6, 6.07) is 13.3. The molecule has 0 aliphatic rings. The molecule has 0 spiro atoms. The van der Waals surface area contributed by atoms with E-state index in [2.05, 4.69) is 4.98 Å². The number of rotatable bonds is 4. The number of hydrogen-bond acceptors (Lipinski definition) is 5. The highest BCUT2D eigenvalue weighted by Gasteiger charge is 2.11. The number of pyridine rings is 1. The Hall–Kier alpha value is -2.92. The first-order valence-electron chi connectivity index (χ1n) is 7.78. The summed E-state index contributed by atoms with van der Waals surface area (Å²) < 4.78 is 12.4. The molecule has 0 amide bonds. The lowest BCUT2D eigenvalue weighted by atomic mass is 10.1. The van der Waals surface area contributed by atoms with E-state index in [0.717, 1.165) is 49.2 Å². The maximum Gasteiger partial charge on any atom is 0.151 e. The first-order valence-corrected chi connectivity index (χ1v) is 8.60. The van der Waals surface area contributed by atoms with Crippen LogP contribution in [0.2, 0.25) is 0 Å². The second-order valence-electron chi connectivity index (χ2n) is 5.64. The molecule has 0 atom stereocenters. The van der Waals surface area contributed by atoms with Gasteiger partial charge in [-0.15, -0.1) is 11.3 Å². The Morgan fingerprint density at radius 2 is 1.88 bits per heavy atom. The molecular formula is C20H15NO3S. The number of aldehydes is 1. The average molecular weight is 349 g/mol. The van der Waals surface area contributed by atoms with E-state index in [4.69, 9.17) is 9.47 Å². The van der Waals surface area contributed by atoms with Crippen LogP contribution in [0.4, 0.5) is 0 Å². The van der Waals surface area contributed by atoms with Gasteiger partial charge in [0.2, 0.25) is 0 Å². The normalized spacial score (nSPS) is 11.0. The fraction of sp³-hybridized carbons (Fsp3) is 0.100. The molecule has 0 radical (unpaired) electrons. The molecular weight excluding hydrogens is 334 g/mol. The second kappa shape index (κ2) is 6.18. The Bertz CT molecular complexity index is 1100. The van der Waals surface area contributed by atoms with Crippen LogP contribution in [0.1, 0.15) is 15.2 Å². The zero-order valence-corrected chi connectivity index (χ0v) is 14.6. The highest BCUT2D eigenvalue weighted by Crippen LogP contribution is 2.36. The molecule has 124 valence electrons. The molecule has 2 heterocycles. The lowest BCUT2D eigenvalue weighted by Crippen LogP contribution is -1.89. The van der Waals surface area contributed by atoms with Gasteiger partial charge in [-0.25, -0.2) is 0 Å². The van der Waals surface area contributed by atoms with Crippen molar-refractivity contribution in [3.05, 3.63) is 59.1 Å². The van der Waals surface area contributed by atoms with Crippen molar-refractivity contribution >= 4 is 38.6 Å². The SMILES string of the molecule is COc1ccc2nccc(Oc3ccc4c(C=O)c(C)sc4c3)c2c1. The van der Waals surface area contributed by atoms with Gasteiger partial charge in [-0.05, 0) is 49.4 Å². The lowest BCUT2D eigenvalue weighted by Gasteiger charge is -2.10. The molecule has 0 saturated heterocycles. The van der Waals surface area contributed by atoms with Crippen LogP contribution in [-0.4, -0.2) is 18.4 Å². The molecule has 4 aromatic rings. The second-order valence-corrected chi connectivity index (χ2v) is 6.90. The molecule has 0 aliphatic carbocycles. The zero-order valence-electron chi connectivity index (χ0n) is 13.8. The first kappa shape index (κ1) is 15.6. The lowest BCUT2D eigenvalue weighted by molar-refractivity contribution is 0.112. The summed E-state index contributed by atoms with van der Waals surface area (Å²) in [5, 5.41) is 1.85. The first-order chi connectivity index (χ1) is 12.2. The number of thiophene rings is 1. The number of methoxy groups -OCH3 is 1. The molecule has 0 aliphatic heterocycles. The van der Waals surface area contributed by atoms with Crippen LogP contribution < -0.4 is 9.47 Å². The summed E-state index contributed by atoms with van der Waals surface area (Å²) in [6.07, 6.45) is 2.64. The van der Waals surface area contributed by atoms with Gasteiger partial charge < -0.3 is 9.47 Å². The highest BCUT2D eigenvalue weighted by molar-refractivity contribution is 7.19. The van der Waals surface area contributed by atoms with Gasteiger partial charge in [0, 0.05) is 32.1 Å². The van der Waals surface area contributed by atoms with E-state index < -0.39 is 0 Å². The summed E-state index contributed by atoms with van der Waals surface area (Å²) >= 11 is 1.59. The predicted octanol–water partition coefficient (Wildman–Crippen LogP) is 5.37. The number of aryl methyl sites for hydroxylation is 1. The average Bonchev–Trinajstić information content (AvgIpc) is 2.95. The topological polar surface area (TPSA) is 48.4 Å². The van der Waals surface area contributed by atoms with Crippen LogP contribution in [-0.2, 0) is 0 Å². The van der Waals surface area contributed by atoms with Crippen LogP contribution in [0.15, 0.2) is 48.7 Å². The van der Waals surface area contributed by atoms with Crippen LogP contribution in [0.3, 0.4) is 0 Å². The third-order valence-electron chi connectivity index (χ3n) is 4.14. The predicted molar refractivity (Wildman–Crippen MR) is 100 cm³/mol. The molecule has 2 aromatic heterocycles. The Balaban J connectivity index is 1.78. The summed E-state index contributed by atoms with van der Waals surface area (Å²) in [6.45, 7) is 1.96. The van der Waals surface area contributed by atoms with E-state index in [1.165, 1.54) is 0 Å². The molecule has 0 fully saturated rings. The number of carbonyl (C=O) groups excluding carboxylic acids is 1. The van der Waals surface area contributed by atoms with E-state index in [1.54, 1.807) is 24.6 Å². The fourth-order valence-corrected chi connectivity index (χ4v) is 3.93. The largest absolute Gasteiger partial charge is 0.497 e. The molecule has 4 rings (SSSR count). The number of carbonyl (C=O) groups is 1. The van der Waals surface area contributed by atoms with Crippen molar-refractivity contribution < 1.29 is 14.3 Å². The van der Waals surface area contributed by atoms with Gasteiger partial charge in [-0.1, -0.05) is 0 Å². The van der Waals surface area contributed by atoms with Crippen molar-refractivity contribution in [2.75, 3.05) is 7.11 Å². The smallest absolute Gasteiger partial charge is 0.151 e. The number of ether oxygens (including phenoxy) is 2. The van der Waals surface area contributed by atoms with Crippen LogP contribution in [0, 0.1) is 6.92 Å². The van der Waals surface area contributed by atoms with Crippen molar-refractivity contribution in [1.82, 2.24) is 4.98 Å². The van der Waals surface area contributed by atoms with Gasteiger partial charge in [0.05, 0.1) is 12.6 Å². The Morgan fingerprint density at radius 1 is 1.04 bits per heavy atom. The standard InChI is InChI=1S/C20H15NO3S/c1-12-17(11-22)15-5-3-14(10-20(15)25-12)24-19-7-8-21-18-6-4-13(23-2)9-16(18)19/h3-11H,1-2H3. The van der Waals surface area contributed by atoms with E-state index in [9.17, 15) is 4.79 Å². The minimum absolute atomic E-state index is 0.715. The van der Waals surface area contributed by atoms with Gasteiger partial charge in [-0.2, -0.15) is 0 Å². The molecule has 0 bridgehead atoms. The minimum Gasteiger partial charge on any atom is -0.497 e. The van der Waals surface area contributed by atoms with Gasteiger partial charge in [0.15, 0.2) is 6.29 Å². The maximum atomic E-state index is 11.2. The van der Waals surface area contributed by atoms with Crippen molar-refractivity contribution in [2.45, 2.75) is 6.92 Å². The van der Waals surface area contributed by atoms with E-state index in [-0.39, 0.29) is 0 Å². The highest BCUT2D eigenvalue weighted by atomic mass is 32.1. The molecule has 0 N–H and O–H groups in total.